The van der Waals surface area contributed by atoms with E-state index in [2.05, 4.69) is 15.7 Å². The van der Waals surface area contributed by atoms with E-state index in [1.807, 2.05) is 0 Å². The summed E-state index contributed by atoms with van der Waals surface area (Å²) < 4.78 is 17.1. The van der Waals surface area contributed by atoms with Gasteiger partial charge in [-0.25, -0.2) is 18.7 Å². The molecule has 1 aliphatic heterocycles. The Labute approximate surface area is 161 Å². The smallest absolute Gasteiger partial charge is 0.338 e. The van der Waals surface area contributed by atoms with Crippen molar-refractivity contribution in [3.05, 3.63) is 50.9 Å². The number of fused-ring (bicyclic) bond motifs is 1. The first-order chi connectivity index (χ1) is 13.0. The number of nitrogens with one attached hydrogen (secondary N) is 2. The van der Waals surface area contributed by atoms with Gasteiger partial charge in [0.1, 0.15) is 11.6 Å². The van der Waals surface area contributed by atoms with Crippen LogP contribution in [0.3, 0.4) is 0 Å². The average molecular weight is 396 g/mol. The summed E-state index contributed by atoms with van der Waals surface area (Å²) in [5, 5.41) is 10.00. The van der Waals surface area contributed by atoms with Crippen molar-refractivity contribution in [3.63, 3.8) is 0 Å². The van der Waals surface area contributed by atoms with Gasteiger partial charge in [0.2, 0.25) is 0 Å². The molecule has 0 spiro atoms. The van der Waals surface area contributed by atoms with Gasteiger partial charge in [0.05, 0.1) is 6.04 Å². The molecule has 0 saturated carbocycles. The highest BCUT2D eigenvalue weighted by Gasteiger charge is 2.18. The van der Waals surface area contributed by atoms with E-state index in [0.717, 1.165) is 31.6 Å². The number of carbonyl (C=O) groups excluding carboxylic acids is 1. The normalized spacial score (nSPS) is 14.5. The topological polar surface area (TPSA) is 81.0 Å². The third-order valence-corrected chi connectivity index (χ3v) is 4.97. The largest absolute Gasteiger partial charge is 0.345 e. The van der Waals surface area contributed by atoms with Crippen molar-refractivity contribution >= 4 is 17.6 Å². The van der Waals surface area contributed by atoms with Gasteiger partial charge in [0.15, 0.2) is 0 Å². The minimum absolute atomic E-state index is 0.0861. The molecule has 0 fully saturated rings. The number of rotatable bonds is 6. The van der Waals surface area contributed by atoms with Gasteiger partial charge in [0, 0.05) is 36.6 Å². The molecule has 0 radical (unpaired) electrons. The second kappa shape index (κ2) is 8.56. The number of carbonyl (C=O) groups is 1. The Morgan fingerprint density at radius 2 is 2.22 bits per heavy atom. The second-order valence-electron chi connectivity index (χ2n) is 6.64. The Kier molecular flexibility index (Phi) is 6.15. The van der Waals surface area contributed by atoms with E-state index in [1.165, 1.54) is 16.8 Å². The van der Waals surface area contributed by atoms with Crippen molar-refractivity contribution in [2.24, 2.45) is 0 Å². The number of urea groups is 1. The van der Waals surface area contributed by atoms with Gasteiger partial charge in [-0.2, -0.15) is 5.10 Å². The van der Waals surface area contributed by atoms with Crippen molar-refractivity contribution < 1.29 is 9.18 Å². The lowest BCUT2D eigenvalue weighted by Gasteiger charge is -2.17. The van der Waals surface area contributed by atoms with Crippen LogP contribution in [0.25, 0.3) is 0 Å². The van der Waals surface area contributed by atoms with Crippen molar-refractivity contribution in [2.75, 3.05) is 6.54 Å². The number of hydrogen-bond acceptors (Lipinski definition) is 3. The molecule has 0 saturated heterocycles. The maximum atomic E-state index is 13.9. The Morgan fingerprint density at radius 3 is 2.96 bits per heavy atom. The van der Waals surface area contributed by atoms with E-state index in [9.17, 15) is 14.0 Å². The van der Waals surface area contributed by atoms with Crippen LogP contribution in [-0.4, -0.2) is 26.9 Å². The Bertz CT molecular complexity index is 859. The van der Waals surface area contributed by atoms with E-state index in [0.29, 0.717) is 19.5 Å². The number of aromatic nitrogens is 3. The van der Waals surface area contributed by atoms with Gasteiger partial charge in [-0.1, -0.05) is 17.7 Å². The van der Waals surface area contributed by atoms with Crippen LogP contribution < -0.4 is 16.3 Å². The summed E-state index contributed by atoms with van der Waals surface area (Å²) in [5.41, 5.74) is 0.168. The lowest BCUT2D eigenvalue weighted by molar-refractivity contribution is 0.237. The maximum absolute atomic E-state index is 13.9. The number of nitrogens with zero attached hydrogens (tertiary/aromatic N) is 3. The molecule has 1 aromatic carbocycles. The lowest BCUT2D eigenvalue weighted by atomic mass is 10.1. The first-order valence-electron chi connectivity index (χ1n) is 9.12. The summed E-state index contributed by atoms with van der Waals surface area (Å²) >= 11 is 6.01. The molecule has 146 valence electrons. The van der Waals surface area contributed by atoms with Gasteiger partial charge in [-0.05, 0) is 38.3 Å². The fraction of sp³-hybridized carbons (Fsp3) is 0.500. The van der Waals surface area contributed by atoms with Crippen LogP contribution in [0.5, 0.6) is 0 Å². The number of aryl methyl sites for hydroxylation is 2. The number of hydrogen-bond donors (Lipinski definition) is 2. The summed E-state index contributed by atoms with van der Waals surface area (Å²) in [7, 11) is 0. The van der Waals surface area contributed by atoms with Gasteiger partial charge < -0.3 is 10.6 Å². The third-order valence-electron chi connectivity index (χ3n) is 4.64. The molecule has 1 aliphatic rings. The fourth-order valence-corrected chi connectivity index (χ4v) is 3.60. The zero-order valence-electron chi connectivity index (χ0n) is 15.2. The Morgan fingerprint density at radius 1 is 1.41 bits per heavy atom. The molecule has 9 heteroatoms. The van der Waals surface area contributed by atoms with Crippen LogP contribution in [0.1, 0.15) is 43.6 Å². The predicted octanol–water partition coefficient (Wildman–Crippen LogP) is 2.62. The van der Waals surface area contributed by atoms with Gasteiger partial charge in [-0.15, -0.1) is 0 Å². The summed E-state index contributed by atoms with van der Waals surface area (Å²) in [6.45, 7) is 3.20. The van der Waals surface area contributed by atoms with E-state index in [4.69, 9.17) is 11.6 Å². The molecule has 2 aromatic rings. The van der Waals surface area contributed by atoms with E-state index in [-0.39, 0.29) is 16.3 Å². The molecule has 3 rings (SSSR count). The van der Waals surface area contributed by atoms with Crippen LogP contribution in [0.2, 0.25) is 5.02 Å². The first kappa shape index (κ1) is 19.4. The minimum atomic E-state index is -0.568. The van der Waals surface area contributed by atoms with Crippen LogP contribution in [0, 0.1) is 5.82 Å². The first-order valence-corrected chi connectivity index (χ1v) is 9.50. The van der Waals surface area contributed by atoms with Crippen LogP contribution in [0.4, 0.5) is 9.18 Å². The minimum Gasteiger partial charge on any atom is -0.338 e. The summed E-state index contributed by atoms with van der Waals surface area (Å²) in [6, 6.07) is 3.42. The molecule has 27 heavy (non-hydrogen) atoms. The molecule has 0 aliphatic carbocycles. The van der Waals surface area contributed by atoms with Crippen LogP contribution >= 0.6 is 11.6 Å². The summed E-state index contributed by atoms with van der Waals surface area (Å²) in [6.07, 6.45) is 3.46. The lowest BCUT2D eigenvalue weighted by Crippen LogP contribution is -2.38. The molecule has 0 bridgehead atoms. The molecule has 7 nitrogen and oxygen atoms in total. The molecular formula is C18H23ClFN5O2. The number of benzene rings is 1. The molecule has 2 heterocycles. The number of amides is 2. The van der Waals surface area contributed by atoms with E-state index < -0.39 is 17.9 Å². The third kappa shape index (κ3) is 4.50. The molecule has 2 N–H and O–H groups in total. The Balaban J connectivity index is 1.46. The monoisotopic (exact) mass is 395 g/mol. The second-order valence-corrected chi connectivity index (χ2v) is 7.05. The van der Waals surface area contributed by atoms with E-state index >= 15 is 0 Å². The SMILES string of the molecule is CC(NC(=O)NCCCn1nc2n(c1=O)CCCC2)c1c(F)cccc1Cl. The van der Waals surface area contributed by atoms with Crippen LogP contribution in [0.15, 0.2) is 23.0 Å². The van der Waals surface area contributed by atoms with Gasteiger partial charge in [0.25, 0.3) is 0 Å². The zero-order chi connectivity index (χ0) is 19.4. The van der Waals surface area contributed by atoms with Crippen molar-refractivity contribution in [1.82, 2.24) is 25.0 Å². The highest BCUT2D eigenvalue weighted by Crippen LogP contribution is 2.25. The summed E-state index contributed by atoms with van der Waals surface area (Å²) in [5.74, 6) is 0.381. The molecule has 1 aromatic heterocycles. The zero-order valence-corrected chi connectivity index (χ0v) is 15.9. The standard InChI is InChI=1S/C18H23ClFN5O2/c1-12(16-13(19)6-4-7-14(16)20)22-17(26)21-9-5-11-25-18(27)24-10-3-2-8-15(24)23-25/h4,6-7,12H,2-3,5,8-11H2,1H3,(H2,21,22,26). The van der Waals surface area contributed by atoms with E-state index in [1.54, 1.807) is 17.6 Å². The van der Waals surface area contributed by atoms with Crippen molar-refractivity contribution in [1.29, 1.82) is 0 Å². The van der Waals surface area contributed by atoms with Gasteiger partial charge >= 0.3 is 11.7 Å². The van der Waals surface area contributed by atoms with Crippen LogP contribution in [-0.2, 0) is 19.5 Å². The number of halogens is 2. The maximum Gasteiger partial charge on any atom is 0.345 e. The average Bonchev–Trinajstić information content (AvgIpc) is 2.95. The predicted molar refractivity (Wildman–Crippen MR) is 100 cm³/mol. The van der Waals surface area contributed by atoms with Gasteiger partial charge in [-0.3, -0.25) is 4.57 Å². The molecule has 1 atom stereocenters. The van der Waals surface area contributed by atoms with Crippen molar-refractivity contribution in [2.45, 2.75) is 51.7 Å². The highest BCUT2D eigenvalue weighted by molar-refractivity contribution is 6.31. The highest BCUT2D eigenvalue weighted by atomic mass is 35.5. The molecule has 2 amide bonds. The summed E-state index contributed by atoms with van der Waals surface area (Å²) in [4.78, 5) is 24.2. The fourth-order valence-electron chi connectivity index (χ4n) is 3.27. The van der Waals surface area contributed by atoms with Crippen molar-refractivity contribution in [3.8, 4) is 0 Å². The molecular weight excluding hydrogens is 373 g/mol. The quantitative estimate of drug-likeness (QED) is 0.738. The Hall–Kier alpha value is -2.35. The molecule has 1 unspecified atom stereocenters.